The lowest BCUT2D eigenvalue weighted by atomic mass is 10.2. The first-order chi connectivity index (χ1) is 13.7. The number of rotatable bonds is 6. The van der Waals surface area contributed by atoms with Gasteiger partial charge < -0.3 is 14.9 Å². The molecule has 4 aromatic rings. The number of hydrogen-bond acceptors (Lipinski definition) is 6. The van der Waals surface area contributed by atoms with E-state index in [-0.39, 0.29) is 18.4 Å². The first kappa shape index (κ1) is 17.6. The Morgan fingerprint density at radius 3 is 2.57 bits per heavy atom. The van der Waals surface area contributed by atoms with E-state index in [1.807, 2.05) is 42.6 Å². The summed E-state index contributed by atoms with van der Waals surface area (Å²) in [6.07, 6.45) is 3.56. The second-order valence-electron chi connectivity index (χ2n) is 6.03. The number of aliphatic hydroxyl groups is 1. The van der Waals surface area contributed by atoms with Crippen molar-refractivity contribution in [1.29, 1.82) is 0 Å². The summed E-state index contributed by atoms with van der Waals surface area (Å²) in [5.74, 6) is 0.176. The fraction of sp³-hybridized carbons (Fsp3) is 0.100. The summed E-state index contributed by atoms with van der Waals surface area (Å²) in [6, 6.07) is 17.2. The van der Waals surface area contributed by atoms with Crippen LogP contribution in [0.1, 0.15) is 22.3 Å². The van der Waals surface area contributed by atoms with E-state index in [0.29, 0.717) is 11.4 Å². The number of hydrogen-bond donors (Lipinski definition) is 2. The van der Waals surface area contributed by atoms with Gasteiger partial charge in [0.2, 0.25) is 5.82 Å². The highest BCUT2D eigenvalue weighted by molar-refractivity contribution is 5.94. The van der Waals surface area contributed by atoms with Gasteiger partial charge in [0.25, 0.3) is 11.8 Å². The molecule has 8 nitrogen and oxygen atoms in total. The van der Waals surface area contributed by atoms with Gasteiger partial charge >= 0.3 is 0 Å². The zero-order chi connectivity index (χ0) is 19.3. The van der Waals surface area contributed by atoms with Crippen LogP contribution in [-0.4, -0.2) is 37.5 Å². The smallest absolute Gasteiger partial charge is 0.251 e. The van der Waals surface area contributed by atoms with Crippen LogP contribution in [0.15, 0.2) is 77.6 Å². The van der Waals surface area contributed by atoms with E-state index >= 15 is 0 Å². The lowest BCUT2D eigenvalue weighted by Crippen LogP contribution is -2.31. The number of amides is 1. The molecule has 28 heavy (non-hydrogen) atoms. The predicted molar refractivity (Wildman–Crippen MR) is 101 cm³/mol. The topological polar surface area (TPSA) is 106 Å². The van der Waals surface area contributed by atoms with Gasteiger partial charge in [0.15, 0.2) is 0 Å². The van der Waals surface area contributed by atoms with Crippen LogP contribution in [0.25, 0.3) is 17.1 Å². The molecule has 140 valence electrons. The lowest BCUT2D eigenvalue weighted by molar-refractivity contribution is 0.0901. The second kappa shape index (κ2) is 7.85. The van der Waals surface area contributed by atoms with E-state index in [1.165, 1.54) is 0 Å². The van der Waals surface area contributed by atoms with E-state index in [0.717, 1.165) is 11.3 Å². The Balaban J connectivity index is 1.50. The Labute approximate surface area is 160 Å². The van der Waals surface area contributed by atoms with Crippen LogP contribution in [0.2, 0.25) is 0 Å². The number of aromatic nitrogens is 4. The quantitative estimate of drug-likeness (QED) is 0.536. The lowest BCUT2D eigenvalue weighted by Gasteiger charge is -2.11. The van der Waals surface area contributed by atoms with Crippen molar-refractivity contribution in [2.75, 3.05) is 6.61 Å². The maximum Gasteiger partial charge on any atom is 0.251 e. The zero-order valence-corrected chi connectivity index (χ0v) is 14.8. The summed E-state index contributed by atoms with van der Waals surface area (Å²) in [5, 5.41) is 20.5. The van der Waals surface area contributed by atoms with Crippen LogP contribution in [0.4, 0.5) is 0 Å². The minimum atomic E-state index is -0.794. The standard InChI is InChI=1S/C20H17N5O3/c26-13-17(22-19(27)15-5-2-1-3-6-15)20-23-18(24-28-20)14-7-9-16(10-8-14)25-12-4-11-21-25/h1-12,17,26H,13H2,(H,22,27)/t17-/m0/s1. The fourth-order valence-electron chi connectivity index (χ4n) is 2.70. The monoisotopic (exact) mass is 375 g/mol. The van der Waals surface area contributed by atoms with Crippen LogP contribution >= 0.6 is 0 Å². The normalized spacial score (nSPS) is 11.9. The van der Waals surface area contributed by atoms with Crippen molar-refractivity contribution in [3.8, 4) is 17.1 Å². The maximum absolute atomic E-state index is 12.3. The summed E-state index contributed by atoms with van der Waals surface area (Å²) in [5.41, 5.74) is 2.13. The van der Waals surface area contributed by atoms with Gasteiger partial charge in [-0.2, -0.15) is 10.1 Å². The molecule has 1 atom stereocenters. The van der Waals surface area contributed by atoms with Gasteiger partial charge in [-0.1, -0.05) is 23.4 Å². The number of carbonyl (C=O) groups is 1. The van der Waals surface area contributed by atoms with Crippen molar-refractivity contribution >= 4 is 5.91 Å². The molecule has 2 aromatic heterocycles. The third kappa shape index (κ3) is 3.67. The highest BCUT2D eigenvalue weighted by Crippen LogP contribution is 2.20. The Morgan fingerprint density at radius 1 is 1.11 bits per heavy atom. The zero-order valence-electron chi connectivity index (χ0n) is 14.8. The molecule has 2 N–H and O–H groups in total. The molecule has 2 aromatic carbocycles. The number of nitrogens with one attached hydrogen (secondary N) is 1. The molecule has 0 saturated heterocycles. The van der Waals surface area contributed by atoms with E-state index < -0.39 is 6.04 Å². The molecule has 0 spiro atoms. The molecular weight excluding hydrogens is 358 g/mol. The molecule has 0 aliphatic heterocycles. The van der Waals surface area contributed by atoms with Crippen LogP contribution < -0.4 is 5.32 Å². The summed E-state index contributed by atoms with van der Waals surface area (Å²) in [4.78, 5) is 16.6. The van der Waals surface area contributed by atoms with Crippen LogP contribution in [0.5, 0.6) is 0 Å². The van der Waals surface area contributed by atoms with Crippen molar-refractivity contribution in [2.45, 2.75) is 6.04 Å². The average molecular weight is 375 g/mol. The average Bonchev–Trinajstić information content (AvgIpc) is 3.45. The molecule has 0 unspecified atom stereocenters. The van der Waals surface area contributed by atoms with Gasteiger partial charge in [-0.05, 0) is 42.5 Å². The van der Waals surface area contributed by atoms with Crippen LogP contribution in [-0.2, 0) is 0 Å². The van der Waals surface area contributed by atoms with Gasteiger partial charge in [0, 0.05) is 23.5 Å². The molecule has 0 radical (unpaired) electrons. The van der Waals surface area contributed by atoms with Gasteiger partial charge in [-0.25, -0.2) is 4.68 Å². The van der Waals surface area contributed by atoms with Gasteiger partial charge in [-0.3, -0.25) is 4.79 Å². The van der Waals surface area contributed by atoms with Crippen molar-refractivity contribution in [1.82, 2.24) is 25.2 Å². The first-order valence-electron chi connectivity index (χ1n) is 8.65. The van der Waals surface area contributed by atoms with Crippen molar-refractivity contribution < 1.29 is 14.4 Å². The summed E-state index contributed by atoms with van der Waals surface area (Å²) in [7, 11) is 0. The number of aliphatic hydroxyl groups excluding tert-OH is 1. The summed E-state index contributed by atoms with van der Waals surface area (Å²) in [6.45, 7) is -0.363. The third-order valence-corrected chi connectivity index (χ3v) is 4.16. The fourth-order valence-corrected chi connectivity index (χ4v) is 2.70. The number of nitrogens with zero attached hydrogens (tertiary/aromatic N) is 4. The molecule has 0 aliphatic carbocycles. The first-order valence-corrected chi connectivity index (χ1v) is 8.65. The number of benzene rings is 2. The molecule has 0 aliphatic rings. The maximum atomic E-state index is 12.3. The molecule has 1 amide bonds. The van der Waals surface area contributed by atoms with E-state index in [2.05, 4.69) is 20.6 Å². The van der Waals surface area contributed by atoms with Gasteiger partial charge in [-0.15, -0.1) is 0 Å². The van der Waals surface area contributed by atoms with Crippen molar-refractivity contribution in [3.05, 3.63) is 84.5 Å². The van der Waals surface area contributed by atoms with E-state index in [1.54, 1.807) is 35.1 Å². The van der Waals surface area contributed by atoms with Crippen molar-refractivity contribution in [2.24, 2.45) is 0 Å². The Kier molecular flexibility index (Phi) is 4.94. The number of carbonyl (C=O) groups excluding carboxylic acids is 1. The van der Waals surface area contributed by atoms with E-state index in [4.69, 9.17) is 4.52 Å². The Hall–Kier alpha value is -3.78. The largest absolute Gasteiger partial charge is 0.394 e. The van der Waals surface area contributed by atoms with Gasteiger partial charge in [0.05, 0.1) is 12.3 Å². The molecule has 0 fully saturated rings. The molecule has 0 bridgehead atoms. The molecule has 2 heterocycles. The molecule has 8 heteroatoms. The van der Waals surface area contributed by atoms with Crippen LogP contribution in [0.3, 0.4) is 0 Å². The minimum Gasteiger partial charge on any atom is -0.394 e. The highest BCUT2D eigenvalue weighted by atomic mass is 16.5. The third-order valence-electron chi connectivity index (χ3n) is 4.16. The Morgan fingerprint density at radius 2 is 1.89 bits per heavy atom. The van der Waals surface area contributed by atoms with Crippen LogP contribution in [0, 0.1) is 0 Å². The SMILES string of the molecule is O=C(N[C@@H](CO)c1nc(-c2ccc(-n3cccn3)cc2)no1)c1ccccc1. The molecule has 0 saturated carbocycles. The predicted octanol–water partition coefficient (Wildman–Crippen LogP) is 2.39. The van der Waals surface area contributed by atoms with Crippen molar-refractivity contribution in [3.63, 3.8) is 0 Å². The summed E-state index contributed by atoms with van der Waals surface area (Å²) < 4.78 is 7.00. The Bertz CT molecular complexity index is 1040. The molecular formula is C20H17N5O3. The second-order valence-corrected chi connectivity index (χ2v) is 6.03. The van der Waals surface area contributed by atoms with E-state index in [9.17, 15) is 9.90 Å². The molecule has 4 rings (SSSR count). The highest BCUT2D eigenvalue weighted by Gasteiger charge is 2.21. The van der Waals surface area contributed by atoms with Gasteiger partial charge in [0.1, 0.15) is 6.04 Å². The summed E-state index contributed by atoms with van der Waals surface area (Å²) >= 11 is 0. The minimum absolute atomic E-state index is 0.137.